The van der Waals surface area contributed by atoms with Crippen molar-refractivity contribution in [2.75, 3.05) is 32.1 Å². The number of anilines is 1. The van der Waals surface area contributed by atoms with Gasteiger partial charge in [0.15, 0.2) is 0 Å². The van der Waals surface area contributed by atoms with Crippen LogP contribution in [0.15, 0.2) is 24.4 Å². The predicted molar refractivity (Wildman–Crippen MR) is 99.0 cm³/mol. The number of pyridine rings is 1. The fourth-order valence-electron chi connectivity index (χ4n) is 3.40. The van der Waals surface area contributed by atoms with Crippen LogP contribution in [0.3, 0.4) is 0 Å². The molecule has 0 spiro atoms. The number of carbonyl (C=O) groups excluding carboxylic acids is 1. The fourth-order valence-corrected chi connectivity index (χ4v) is 3.40. The van der Waals surface area contributed by atoms with E-state index in [1.54, 1.807) is 7.11 Å². The minimum atomic E-state index is -0.0459. The van der Waals surface area contributed by atoms with Crippen LogP contribution in [-0.4, -0.2) is 52.5 Å². The van der Waals surface area contributed by atoms with Gasteiger partial charge < -0.3 is 15.0 Å². The molecule has 0 atom stereocenters. The van der Waals surface area contributed by atoms with E-state index in [1.165, 1.54) is 0 Å². The molecule has 0 unspecified atom stereocenters. The van der Waals surface area contributed by atoms with Crippen molar-refractivity contribution in [2.45, 2.75) is 45.1 Å². The largest absolute Gasteiger partial charge is 0.375 e. The van der Waals surface area contributed by atoms with Gasteiger partial charge in [-0.2, -0.15) is 0 Å². The Labute approximate surface area is 149 Å². The zero-order chi connectivity index (χ0) is 18.0. The Morgan fingerprint density at radius 3 is 2.68 bits per heavy atom. The minimum absolute atomic E-state index is 0.0459. The van der Waals surface area contributed by atoms with Gasteiger partial charge in [0.25, 0.3) is 0 Å². The smallest absolute Gasteiger partial charge is 0.248 e. The van der Waals surface area contributed by atoms with E-state index in [1.807, 2.05) is 23.1 Å². The summed E-state index contributed by atoms with van der Waals surface area (Å²) in [5.74, 6) is 1.50. The second-order valence-corrected chi connectivity index (χ2v) is 7.74. The molecule has 0 aromatic carbocycles. The lowest BCUT2D eigenvalue weighted by Gasteiger charge is -2.32. The highest BCUT2D eigenvalue weighted by Gasteiger charge is 2.29. The highest BCUT2D eigenvalue weighted by Crippen LogP contribution is 2.34. The van der Waals surface area contributed by atoms with Gasteiger partial charge in [-0.3, -0.25) is 9.20 Å². The van der Waals surface area contributed by atoms with Crippen molar-refractivity contribution in [2.24, 2.45) is 0 Å². The van der Waals surface area contributed by atoms with Crippen LogP contribution in [0.5, 0.6) is 0 Å². The third-order valence-corrected chi connectivity index (χ3v) is 4.55. The van der Waals surface area contributed by atoms with E-state index in [9.17, 15) is 4.79 Å². The maximum absolute atomic E-state index is 12.0. The molecule has 1 fully saturated rings. The summed E-state index contributed by atoms with van der Waals surface area (Å²) >= 11 is 0. The Morgan fingerprint density at radius 2 is 2.04 bits per heavy atom. The number of nitrogens with zero attached hydrogens (tertiary/aromatic N) is 3. The molecule has 2 aromatic heterocycles. The molecule has 136 valence electrons. The van der Waals surface area contributed by atoms with E-state index >= 15 is 0 Å². The molecule has 1 aliphatic rings. The van der Waals surface area contributed by atoms with Gasteiger partial charge >= 0.3 is 0 Å². The van der Waals surface area contributed by atoms with Crippen LogP contribution in [0.25, 0.3) is 5.65 Å². The zero-order valence-electron chi connectivity index (χ0n) is 15.6. The Hall–Kier alpha value is -2.08. The number of hydrogen-bond donors (Lipinski definition) is 1. The summed E-state index contributed by atoms with van der Waals surface area (Å²) < 4.78 is 7.09. The minimum Gasteiger partial charge on any atom is -0.375 e. The van der Waals surface area contributed by atoms with Crippen LogP contribution < -0.4 is 5.32 Å². The van der Waals surface area contributed by atoms with Crippen LogP contribution in [0.1, 0.15) is 45.2 Å². The number of fused-ring (bicyclic) bond motifs is 1. The summed E-state index contributed by atoms with van der Waals surface area (Å²) in [5, 5.41) is 3.62. The Kier molecular flexibility index (Phi) is 4.99. The number of nitrogens with one attached hydrogen (secondary N) is 1. The van der Waals surface area contributed by atoms with Crippen molar-refractivity contribution in [3.63, 3.8) is 0 Å². The number of imidazole rings is 1. The van der Waals surface area contributed by atoms with E-state index in [-0.39, 0.29) is 18.1 Å². The second kappa shape index (κ2) is 7.04. The number of aromatic nitrogens is 2. The van der Waals surface area contributed by atoms with Crippen molar-refractivity contribution in [1.29, 1.82) is 0 Å². The molecule has 0 aliphatic carbocycles. The number of piperidine rings is 1. The Bertz CT molecular complexity index is 739. The number of methoxy groups -OCH3 is 1. The lowest BCUT2D eigenvalue weighted by atomic mass is 9.93. The molecule has 1 aliphatic heterocycles. The number of hydrogen-bond acceptors (Lipinski definition) is 4. The standard InChI is InChI=1S/C19H28N4O2/c1-19(2,3)21-18-17(20-15-7-5-6-10-23(15)18)14-8-11-22(12-9-14)16(24)13-25-4/h5-7,10,14,21H,8-9,11-13H2,1-4H3. The summed E-state index contributed by atoms with van der Waals surface area (Å²) in [5.41, 5.74) is 2.03. The SMILES string of the molecule is COCC(=O)N1CCC(c2nc3ccccn3c2NC(C)(C)C)CC1. The van der Waals surface area contributed by atoms with Gasteiger partial charge in [0.05, 0.1) is 5.69 Å². The van der Waals surface area contributed by atoms with Gasteiger partial charge in [0.2, 0.25) is 5.91 Å². The molecule has 25 heavy (non-hydrogen) atoms. The molecule has 0 saturated carbocycles. The van der Waals surface area contributed by atoms with Crippen LogP contribution in [0.2, 0.25) is 0 Å². The average Bonchev–Trinajstić information content (AvgIpc) is 2.92. The first-order chi connectivity index (χ1) is 11.9. The normalized spacial score (nSPS) is 16.4. The van der Waals surface area contributed by atoms with E-state index in [0.717, 1.165) is 43.1 Å². The van der Waals surface area contributed by atoms with Gasteiger partial charge in [-0.25, -0.2) is 4.98 Å². The highest BCUT2D eigenvalue weighted by molar-refractivity contribution is 5.77. The van der Waals surface area contributed by atoms with Gasteiger partial charge in [0, 0.05) is 37.9 Å². The summed E-state index contributed by atoms with van der Waals surface area (Å²) in [6.45, 7) is 8.16. The third kappa shape index (κ3) is 3.95. The van der Waals surface area contributed by atoms with Crippen molar-refractivity contribution >= 4 is 17.4 Å². The molecule has 2 aromatic rings. The lowest BCUT2D eigenvalue weighted by molar-refractivity contribution is -0.136. The lowest BCUT2D eigenvalue weighted by Crippen LogP contribution is -2.40. The van der Waals surface area contributed by atoms with Crippen LogP contribution >= 0.6 is 0 Å². The molecule has 1 saturated heterocycles. The van der Waals surface area contributed by atoms with Crippen molar-refractivity contribution in [3.05, 3.63) is 30.1 Å². The first-order valence-electron chi connectivity index (χ1n) is 8.91. The average molecular weight is 344 g/mol. The quantitative estimate of drug-likeness (QED) is 0.926. The first kappa shape index (κ1) is 17.7. The van der Waals surface area contributed by atoms with Gasteiger partial charge in [-0.1, -0.05) is 6.07 Å². The maximum atomic E-state index is 12.0. The molecular formula is C19H28N4O2. The Balaban J connectivity index is 1.84. The van der Waals surface area contributed by atoms with Crippen LogP contribution in [0.4, 0.5) is 5.82 Å². The topological polar surface area (TPSA) is 58.9 Å². The van der Waals surface area contributed by atoms with Crippen LogP contribution in [0, 0.1) is 0 Å². The molecule has 0 bridgehead atoms. The monoisotopic (exact) mass is 344 g/mol. The molecule has 6 heteroatoms. The van der Waals surface area contributed by atoms with E-state index in [0.29, 0.717) is 5.92 Å². The highest BCUT2D eigenvalue weighted by atomic mass is 16.5. The number of ether oxygens (including phenoxy) is 1. The van der Waals surface area contributed by atoms with E-state index in [4.69, 9.17) is 9.72 Å². The summed E-state index contributed by atoms with van der Waals surface area (Å²) in [4.78, 5) is 18.8. The van der Waals surface area contributed by atoms with Crippen molar-refractivity contribution < 1.29 is 9.53 Å². The zero-order valence-corrected chi connectivity index (χ0v) is 15.6. The van der Waals surface area contributed by atoms with Gasteiger partial charge in [0.1, 0.15) is 18.1 Å². The molecular weight excluding hydrogens is 316 g/mol. The number of likely N-dealkylation sites (tertiary alicyclic amines) is 1. The number of carbonyl (C=O) groups is 1. The molecule has 1 N–H and O–H groups in total. The van der Waals surface area contributed by atoms with Gasteiger partial charge in [-0.15, -0.1) is 0 Å². The molecule has 3 heterocycles. The predicted octanol–water partition coefficient (Wildman–Crippen LogP) is 2.90. The summed E-state index contributed by atoms with van der Waals surface area (Å²) in [7, 11) is 1.56. The third-order valence-electron chi connectivity index (χ3n) is 4.55. The second-order valence-electron chi connectivity index (χ2n) is 7.74. The molecule has 3 rings (SSSR count). The maximum Gasteiger partial charge on any atom is 0.248 e. The van der Waals surface area contributed by atoms with E-state index < -0.39 is 0 Å². The van der Waals surface area contributed by atoms with Crippen molar-refractivity contribution in [1.82, 2.24) is 14.3 Å². The fraction of sp³-hybridized carbons (Fsp3) is 0.579. The molecule has 1 amide bonds. The first-order valence-corrected chi connectivity index (χ1v) is 8.91. The molecule has 0 radical (unpaired) electrons. The Morgan fingerprint density at radius 1 is 1.32 bits per heavy atom. The van der Waals surface area contributed by atoms with Crippen molar-refractivity contribution in [3.8, 4) is 0 Å². The summed E-state index contributed by atoms with van der Waals surface area (Å²) in [6, 6.07) is 6.08. The number of amides is 1. The van der Waals surface area contributed by atoms with E-state index in [2.05, 4.69) is 36.7 Å². The number of rotatable bonds is 4. The van der Waals surface area contributed by atoms with Gasteiger partial charge in [-0.05, 0) is 45.7 Å². The summed E-state index contributed by atoms with van der Waals surface area (Å²) in [6.07, 6.45) is 3.91. The van der Waals surface area contributed by atoms with Crippen LogP contribution in [-0.2, 0) is 9.53 Å². The molecule has 6 nitrogen and oxygen atoms in total.